The van der Waals surface area contributed by atoms with Crippen LogP contribution in [0.1, 0.15) is 5.82 Å². The maximum Gasteiger partial charge on any atom is 0.151 e. The number of aliphatic hydroxyl groups excluding tert-OH is 1. The van der Waals surface area contributed by atoms with Gasteiger partial charge in [0.2, 0.25) is 0 Å². The Bertz CT molecular complexity index is 755. The van der Waals surface area contributed by atoms with Crippen molar-refractivity contribution in [2.24, 2.45) is 0 Å². The van der Waals surface area contributed by atoms with Crippen molar-refractivity contribution in [2.75, 3.05) is 80.2 Å². The lowest BCUT2D eigenvalue weighted by atomic mass is 10.3. The van der Waals surface area contributed by atoms with Gasteiger partial charge in [-0.1, -0.05) is 0 Å². The highest BCUT2D eigenvalue weighted by atomic mass is 16.3. The fraction of sp³-hybridized carbons (Fsp3) is 0.579. The number of hydrogen-bond donors (Lipinski definition) is 1. The smallest absolute Gasteiger partial charge is 0.151 e. The van der Waals surface area contributed by atoms with E-state index in [-0.39, 0.29) is 6.61 Å². The van der Waals surface area contributed by atoms with Crippen molar-refractivity contribution < 1.29 is 5.11 Å². The molecule has 2 fully saturated rings. The summed E-state index contributed by atoms with van der Waals surface area (Å²) in [5.41, 5.74) is 0. The average Bonchev–Trinajstić information content (AvgIpc) is 2.75. The van der Waals surface area contributed by atoms with E-state index in [1.807, 2.05) is 19.2 Å². The van der Waals surface area contributed by atoms with E-state index in [2.05, 4.69) is 51.9 Å². The van der Waals surface area contributed by atoms with Crippen molar-refractivity contribution in [3.63, 3.8) is 0 Å². The Morgan fingerprint density at radius 2 is 1.32 bits per heavy atom. The third kappa shape index (κ3) is 4.31. The first-order valence-corrected chi connectivity index (χ1v) is 9.94. The zero-order chi connectivity index (χ0) is 19.3. The fourth-order valence-electron chi connectivity index (χ4n) is 3.78. The van der Waals surface area contributed by atoms with Gasteiger partial charge in [0.05, 0.1) is 6.61 Å². The van der Waals surface area contributed by atoms with Crippen LogP contribution in [0.5, 0.6) is 0 Å². The molecule has 0 radical (unpaired) electrons. The predicted molar refractivity (Wildman–Crippen MR) is 109 cm³/mol. The Morgan fingerprint density at radius 1 is 0.786 bits per heavy atom. The van der Waals surface area contributed by atoms with Gasteiger partial charge in [-0.3, -0.25) is 4.90 Å². The monoisotopic (exact) mass is 384 g/mol. The van der Waals surface area contributed by atoms with Crippen LogP contribution in [0.15, 0.2) is 24.4 Å². The second-order valence-corrected chi connectivity index (χ2v) is 7.24. The molecule has 1 N–H and O–H groups in total. The first-order chi connectivity index (χ1) is 13.7. The maximum absolute atomic E-state index is 9.06. The third-order valence-corrected chi connectivity index (χ3v) is 5.44. The second kappa shape index (κ2) is 8.66. The van der Waals surface area contributed by atoms with Crippen molar-refractivity contribution in [1.29, 1.82) is 0 Å². The van der Waals surface area contributed by atoms with Crippen molar-refractivity contribution in [1.82, 2.24) is 25.1 Å². The zero-order valence-corrected chi connectivity index (χ0v) is 16.4. The first kappa shape index (κ1) is 18.8. The molecule has 0 saturated carbocycles. The van der Waals surface area contributed by atoms with Gasteiger partial charge in [-0.15, -0.1) is 10.2 Å². The van der Waals surface area contributed by atoms with Crippen molar-refractivity contribution in [3.8, 4) is 0 Å². The number of aromatic nitrogens is 4. The second-order valence-electron chi connectivity index (χ2n) is 7.24. The summed E-state index contributed by atoms with van der Waals surface area (Å²) in [5.74, 6) is 3.66. The van der Waals surface area contributed by atoms with Gasteiger partial charge in [0.25, 0.3) is 0 Å². The summed E-state index contributed by atoms with van der Waals surface area (Å²) in [4.78, 5) is 17.8. The van der Waals surface area contributed by atoms with E-state index in [0.29, 0.717) is 0 Å². The molecule has 9 heteroatoms. The summed E-state index contributed by atoms with van der Waals surface area (Å²) in [6.07, 6.45) is 1.82. The zero-order valence-electron chi connectivity index (χ0n) is 16.4. The highest BCUT2D eigenvalue weighted by Crippen LogP contribution is 2.19. The number of β-amino-alcohol motifs (C(OH)–C–C–N with tert-alkyl or cyclic N) is 1. The molecule has 0 amide bonds. The minimum atomic E-state index is 0.221. The van der Waals surface area contributed by atoms with Crippen LogP contribution >= 0.6 is 0 Å². The average molecular weight is 384 g/mol. The lowest BCUT2D eigenvalue weighted by Crippen LogP contribution is -2.48. The molecule has 0 unspecified atom stereocenters. The summed E-state index contributed by atoms with van der Waals surface area (Å²) in [7, 11) is 0. The van der Waals surface area contributed by atoms with E-state index in [1.165, 1.54) is 0 Å². The fourth-order valence-corrected chi connectivity index (χ4v) is 3.78. The van der Waals surface area contributed by atoms with E-state index in [0.717, 1.165) is 82.2 Å². The Morgan fingerprint density at radius 3 is 1.82 bits per heavy atom. The van der Waals surface area contributed by atoms with Crippen LogP contribution in [-0.4, -0.2) is 95.7 Å². The molecule has 0 atom stereocenters. The molecule has 2 aliphatic heterocycles. The largest absolute Gasteiger partial charge is 0.395 e. The summed E-state index contributed by atoms with van der Waals surface area (Å²) >= 11 is 0. The molecular weight excluding hydrogens is 356 g/mol. The Kier molecular flexibility index (Phi) is 5.82. The van der Waals surface area contributed by atoms with Gasteiger partial charge in [-0.25, -0.2) is 9.97 Å². The van der Waals surface area contributed by atoms with Gasteiger partial charge in [0.1, 0.15) is 11.6 Å². The SMILES string of the molecule is Cc1nccc(N2CCN(c3ccc(N4CCN(CCO)CC4)nn3)CC2)n1. The Balaban J connectivity index is 1.31. The number of aliphatic hydroxyl groups is 1. The topological polar surface area (TPSA) is 84.8 Å². The minimum Gasteiger partial charge on any atom is -0.395 e. The van der Waals surface area contributed by atoms with Crippen LogP contribution in [0.2, 0.25) is 0 Å². The van der Waals surface area contributed by atoms with Gasteiger partial charge in [-0.05, 0) is 25.1 Å². The van der Waals surface area contributed by atoms with Gasteiger partial charge >= 0.3 is 0 Å². The number of hydrogen-bond acceptors (Lipinski definition) is 9. The quantitative estimate of drug-likeness (QED) is 0.766. The molecule has 2 saturated heterocycles. The summed E-state index contributed by atoms with van der Waals surface area (Å²) in [6, 6.07) is 6.12. The van der Waals surface area contributed by atoms with Crippen LogP contribution in [0.3, 0.4) is 0 Å². The highest BCUT2D eigenvalue weighted by molar-refractivity contribution is 5.47. The first-order valence-electron chi connectivity index (χ1n) is 9.94. The molecule has 0 aromatic carbocycles. The molecule has 2 aromatic heterocycles. The number of anilines is 3. The van der Waals surface area contributed by atoms with Crippen molar-refractivity contribution in [2.45, 2.75) is 6.92 Å². The van der Waals surface area contributed by atoms with E-state index in [1.54, 1.807) is 0 Å². The Labute approximate surface area is 165 Å². The molecule has 9 nitrogen and oxygen atoms in total. The predicted octanol–water partition coefficient (Wildman–Crippen LogP) is 0.0159. The molecule has 0 bridgehead atoms. The third-order valence-electron chi connectivity index (χ3n) is 5.44. The van der Waals surface area contributed by atoms with Gasteiger partial charge in [0.15, 0.2) is 11.6 Å². The van der Waals surface area contributed by atoms with Gasteiger partial charge < -0.3 is 19.8 Å². The van der Waals surface area contributed by atoms with Gasteiger partial charge in [-0.2, -0.15) is 0 Å². The van der Waals surface area contributed by atoms with E-state index < -0.39 is 0 Å². The normalized spacial score (nSPS) is 18.6. The molecular formula is C19H28N8O. The van der Waals surface area contributed by atoms with Crippen LogP contribution in [0.4, 0.5) is 17.5 Å². The molecule has 4 heterocycles. The standard InChI is InChI=1S/C19H28N8O/c1-16-20-5-4-17(21-16)25-10-12-27(13-11-25)19-3-2-18(22-23-19)26-8-6-24(7-9-26)14-15-28/h2-5,28H,6-15H2,1H3. The molecule has 0 spiro atoms. The molecule has 150 valence electrons. The molecule has 2 aliphatic rings. The van der Waals surface area contributed by atoms with Gasteiger partial charge in [0, 0.05) is 65.1 Å². The summed E-state index contributed by atoms with van der Waals surface area (Å²) in [6.45, 7) is 10.3. The highest BCUT2D eigenvalue weighted by Gasteiger charge is 2.21. The summed E-state index contributed by atoms with van der Waals surface area (Å²) in [5, 5.41) is 18.0. The van der Waals surface area contributed by atoms with E-state index >= 15 is 0 Å². The lowest BCUT2D eigenvalue weighted by molar-refractivity contribution is 0.188. The number of nitrogens with zero attached hydrogens (tertiary/aromatic N) is 8. The van der Waals surface area contributed by atoms with Crippen LogP contribution in [0, 0.1) is 6.92 Å². The lowest BCUT2D eigenvalue weighted by Gasteiger charge is -2.36. The number of piperazine rings is 2. The molecule has 2 aromatic rings. The summed E-state index contributed by atoms with van der Waals surface area (Å²) < 4.78 is 0. The van der Waals surface area contributed by atoms with E-state index in [4.69, 9.17) is 5.11 Å². The maximum atomic E-state index is 9.06. The van der Waals surface area contributed by atoms with Crippen LogP contribution in [-0.2, 0) is 0 Å². The number of aryl methyl sites for hydroxylation is 1. The van der Waals surface area contributed by atoms with Crippen molar-refractivity contribution >= 4 is 17.5 Å². The number of rotatable bonds is 5. The van der Waals surface area contributed by atoms with Crippen molar-refractivity contribution in [3.05, 3.63) is 30.2 Å². The minimum absolute atomic E-state index is 0.221. The van der Waals surface area contributed by atoms with Crippen LogP contribution < -0.4 is 14.7 Å². The molecule has 0 aliphatic carbocycles. The Hall–Kier alpha value is -2.52. The molecule has 4 rings (SSSR count). The van der Waals surface area contributed by atoms with Crippen LogP contribution in [0.25, 0.3) is 0 Å². The van der Waals surface area contributed by atoms with E-state index in [9.17, 15) is 0 Å². The molecule has 28 heavy (non-hydrogen) atoms.